The minimum Gasteiger partial charge on any atom is -0.338 e. The summed E-state index contributed by atoms with van der Waals surface area (Å²) < 4.78 is 0. The van der Waals surface area contributed by atoms with Crippen molar-refractivity contribution in [2.75, 3.05) is 13.1 Å². The molecule has 1 aromatic rings. The molecule has 3 nitrogen and oxygen atoms in total. The van der Waals surface area contributed by atoms with Crippen molar-refractivity contribution in [2.24, 2.45) is 5.73 Å². The Kier molecular flexibility index (Phi) is 4.97. The number of carbonyl (C=O) groups is 1. The molecule has 0 heterocycles. The normalized spacial score (nSPS) is 15.7. The monoisotopic (exact) mass is 260 g/mol. The Morgan fingerprint density at radius 2 is 2.11 bits per heavy atom. The van der Waals surface area contributed by atoms with Crippen LogP contribution in [0.3, 0.4) is 0 Å². The molecule has 1 amide bonds. The van der Waals surface area contributed by atoms with Gasteiger partial charge < -0.3 is 10.6 Å². The molecule has 0 spiro atoms. The van der Waals surface area contributed by atoms with Gasteiger partial charge in [0.2, 0.25) is 5.91 Å². The van der Waals surface area contributed by atoms with Gasteiger partial charge in [0.25, 0.3) is 0 Å². The highest BCUT2D eigenvalue weighted by atomic mass is 16.2. The third-order valence-corrected chi connectivity index (χ3v) is 3.89. The van der Waals surface area contributed by atoms with E-state index < -0.39 is 0 Å². The smallest absolute Gasteiger partial charge is 0.227 e. The molecule has 1 aliphatic rings. The minimum absolute atomic E-state index is 0.225. The fourth-order valence-corrected chi connectivity index (χ4v) is 2.96. The molecule has 3 heteroatoms. The van der Waals surface area contributed by atoms with Crippen molar-refractivity contribution in [2.45, 2.75) is 45.1 Å². The first-order valence-corrected chi connectivity index (χ1v) is 7.26. The summed E-state index contributed by atoms with van der Waals surface area (Å²) in [6, 6.07) is 8.61. The molecule has 0 unspecified atom stereocenters. The number of rotatable bonds is 5. The number of benzene rings is 1. The maximum Gasteiger partial charge on any atom is 0.227 e. The van der Waals surface area contributed by atoms with E-state index in [0.29, 0.717) is 25.6 Å². The third kappa shape index (κ3) is 3.80. The summed E-state index contributed by atoms with van der Waals surface area (Å²) in [6.07, 6.45) is 5.25. The molecule has 2 N–H and O–H groups in total. The van der Waals surface area contributed by atoms with Crippen molar-refractivity contribution < 1.29 is 4.79 Å². The second kappa shape index (κ2) is 6.71. The summed E-state index contributed by atoms with van der Waals surface area (Å²) in [5.41, 5.74) is 7.97. The number of hydrogen-bond donors (Lipinski definition) is 1. The number of nitrogens with two attached hydrogens (primary N) is 1. The Morgan fingerprint density at radius 1 is 1.37 bits per heavy atom. The van der Waals surface area contributed by atoms with Crippen LogP contribution in [0.4, 0.5) is 0 Å². The van der Waals surface area contributed by atoms with Gasteiger partial charge >= 0.3 is 0 Å². The van der Waals surface area contributed by atoms with E-state index in [1.807, 2.05) is 17.0 Å². The molecule has 0 aromatic heterocycles. The van der Waals surface area contributed by atoms with Gasteiger partial charge in [0, 0.05) is 19.1 Å². The van der Waals surface area contributed by atoms with Gasteiger partial charge in [-0.05, 0) is 25.3 Å². The van der Waals surface area contributed by atoms with Gasteiger partial charge in [-0.2, -0.15) is 0 Å². The molecule has 1 fully saturated rings. The summed E-state index contributed by atoms with van der Waals surface area (Å²) in [7, 11) is 0. The summed E-state index contributed by atoms with van der Waals surface area (Å²) >= 11 is 0. The number of hydrogen-bond acceptors (Lipinski definition) is 2. The van der Waals surface area contributed by atoms with Crippen LogP contribution in [0.5, 0.6) is 0 Å². The van der Waals surface area contributed by atoms with Crippen molar-refractivity contribution in [3.63, 3.8) is 0 Å². The molecule has 104 valence electrons. The van der Waals surface area contributed by atoms with Gasteiger partial charge in [-0.3, -0.25) is 4.79 Å². The van der Waals surface area contributed by atoms with Crippen LogP contribution in [0, 0.1) is 6.92 Å². The van der Waals surface area contributed by atoms with Crippen molar-refractivity contribution in [1.29, 1.82) is 0 Å². The first kappa shape index (κ1) is 14.1. The fraction of sp³-hybridized carbons (Fsp3) is 0.562. The molecule has 0 saturated heterocycles. The molecule has 0 radical (unpaired) electrons. The lowest BCUT2D eigenvalue weighted by Gasteiger charge is -2.28. The summed E-state index contributed by atoms with van der Waals surface area (Å²) in [5.74, 6) is 0.225. The molecule has 1 aliphatic carbocycles. The van der Waals surface area contributed by atoms with Crippen LogP contribution in [0.2, 0.25) is 0 Å². The predicted molar refractivity (Wildman–Crippen MR) is 77.9 cm³/mol. The van der Waals surface area contributed by atoms with Crippen LogP contribution in [0.25, 0.3) is 0 Å². The zero-order chi connectivity index (χ0) is 13.7. The van der Waals surface area contributed by atoms with Gasteiger partial charge in [0.05, 0.1) is 6.42 Å². The summed E-state index contributed by atoms with van der Waals surface area (Å²) in [4.78, 5) is 14.5. The van der Waals surface area contributed by atoms with Gasteiger partial charge in [0.15, 0.2) is 0 Å². The van der Waals surface area contributed by atoms with E-state index in [1.54, 1.807) is 0 Å². The topological polar surface area (TPSA) is 46.3 Å². The largest absolute Gasteiger partial charge is 0.338 e. The summed E-state index contributed by atoms with van der Waals surface area (Å²) in [5, 5.41) is 0. The van der Waals surface area contributed by atoms with Crippen molar-refractivity contribution in [1.82, 2.24) is 4.90 Å². The minimum atomic E-state index is 0.225. The Bertz CT molecular complexity index is 425. The molecule has 1 saturated carbocycles. The lowest BCUT2D eigenvalue weighted by atomic mass is 10.1. The van der Waals surface area contributed by atoms with E-state index in [-0.39, 0.29) is 5.91 Å². The average Bonchev–Trinajstić information content (AvgIpc) is 2.89. The highest BCUT2D eigenvalue weighted by molar-refractivity contribution is 5.79. The lowest BCUT2D eigenvalue weighted by molar-refractivity contribution is -0.132. The van der Waals surface area contributed by atoms with Gasteiger partial charge in [-0.15, -0.1) is 0 Å². The molecule has 19 heavy (non-hydrogen) atoms. The summed E-state index contributed by atoms with van der Waals surface area (Å²) in [6.45, 7) is 3.30. The van der Waals surface area contributed by atoms with Crippen molar-refractivity contribution >= 4 is 5.91 Å². The van der Waals surface area contributed by atoms with E-state index in [9.17, 15) is 4.79 Å². The number of aryl methyl sites for hydroxylation is 1. The molecular weight excluding hydrogens is 236 g/mol. The zero-order valence-electron chi connectivity index (χ0n) is 11.8. The van der Waals surface area contributed by atoms with E-state index in [2.05, 4.69) is 19.1 Å². The Labute approximate surface area is 115 Å². The quantitative estimate of drug-likeness (QED) is 0.882. The Morgan fingerprint density at radius 3 is 2.74 bits per heavy atom. The molecule has 2 rings (SSSR count). The second-order valence-corrected chi connectivity index (χ2v) is 5.48. The zero-order valence-corrected chi connectivity index (χ0v) is 11.8. The van der Waals surface area contributed by atoms with Gasteiger partial charge in [-0.1, -0.05) is 42.7 Å². The average molecular weight is 260 g/mol. The Balaban J connectivity index is 2.02. The highest BCUT2D eigenvalue weighted by Gasteiger charge is 2.25. The first-order valence-electron chi connectivity index (χ1n) is 7.26. The van der Waals surface area contributed by atoms with E-state index in [0.717, 1.165) is 18.4 Å². The number of nitrogens with zero attached hydrogens (tertiary/aromatic N) is 1. The molecule has 0 atom stereocenters. The molecule has 0 bridgehead atoms. The van der Waals surface area contributed by atoms with Crippen LogP contribution < -0.4 is 5.73 Å². The van der Waals surface area contributed by atoms with E-state index in [1.165, 1.54) is 18.4 Å². The SMILES string of the molecule is Cc1cccc(CC(=O)N(CCN)C2CCCC2)c1. The Hall–Kier alpha value is -1.35. The first-order chi connectivity index (χ1) is 9.20. The maximum atomic E-state index is 12.5. The van der Waals surface area contributed by atoms with Gasteiger partial charge in [0.1, 0.15) is 0 Å². The predicted octanol–water partition coefficient (Wildman–Crippen LogP) is 2.27. The lowest BCUT2D eigenvalue weighted by Crippen LogP contribution is -2.42. The fourth-order valence-electron chi connectivity index (χ4n) is 2.96. The van der Waals surface area contributed by atoms with E-state index in [4.69, 9.17) is 5.73 Å². The molecule has 1 aromatic carbocycles. The maximum absolute atomic E-state index is 12.5. The third-order valence-electron chi connectivity index (χ3n) is 3.89. The number of carbonyl (C=O) groups excluding carboxylic acids is 1. The standard InChI is InChI=1S/C16H24N2O/c1-13-5-4-6-14(11-13)12-16(19)18(10-9-17)15-7-2-3-8-15/h4-6,11,15H,2-3,7-10,12,17H2,1H3. The van der Waals surface area contributed by atoms with Crippen LogP contribution >= 0.6 is 0 Å². The second-order valence-electron chi connectivity index (χ2n) is 5.48. The van der Waals surface area contributed by atoms with Gasteiger partial charge in [-0.25, -0.2) is 0 Å². The van der Waals surface area contributed by atoms with Crippen LogP contribution in [0.15, 0.2) is 24.3 Å². The number of amides is 1. The van der Waals surface area contributed by atoms with E-state index >= 15 is 0 Å². The van der Waals surface area contributed by atoms with Crippen LogP contribution in [-0.4, -0.2) is 29.9 Å². The van der Waals surface area contributed by atoms with Crippen molar-refractivity contribution in [3.8, 4) is 0 Å². The molecular formula is C16H24N2O. The van der Waals surface area contributed by atoms with Crippen LogP contribution in [-0.2, 0) is 11.2 Å². The highest BCUT2D eigenvalue weighted by Crippen LogP contribution is 2.24. The van der Waals surface area contributed by atoms with Crippen molar-refractivity contribution in [3.05, 3.63) is 35.4 Å². The van der Waals surface area contributed by atoms with Crippen LogP contribution in [0.1, 0.15) is 36.8 Å². The molecule has 0 aliphatic heterocycles.